The zero-order valence-corrected chi connectivity index (χ0v) is 9.98. The van der Waals surface area contributed by atoms with Gasteiger partial charge in [-0.05, 0) is 20.8 Å². The van der Waals surface area contributed by atoms with Crippen LogP contribution in [0.5, 0.6) is 0 Å². The SMILES string of the molecule is Cc1c(C2NC(C)(C)CS2)cnn1C. The van der Waals surface area contributed by atoms with Crippen LogP contribution in [0.2, 0.25) is 0 Å². The second kappa shape index (κ2) is 3.28. The summed E-state index contributed by atoms with van der Waals surface area (Å²) in [4.78, 5) is 0. The molecule has 1 unspecified atom stereocenters. The van der Waals surface area contributed by atoms with E-state index in [0.717, 1.165) is 5.75 Å². The van der Waals surface area contributed by atoms with Gasteiger partial charge in [0.15, 0.2) is 0 Å². The molecule has 2 rings (SSSR count). The van der Waals surface area contributed by atoms with E-state index in [4.69, 9.17) is 0 Å². The van der Waals surface area contributed by atoms with Gasteiger partial charge in [-0.3, -0.25) is 10.00 Å². The summed E-state index contributed by atoms with van der Waals surface area (Å²) in [6, 6.07) is 0. The fraction of sp³-hybridized carbons (Fsp3) is 0.700. The molecule has 1 atom stereocenters. The lowest BCUT2D eigenvalue weighted by Gasteiger charge is -2.18. The van der Waals surface area contributed by atoms with E-state index in [1.54, 1.807) is 0 Å². The molecular weight excluding hydrogens is 194 g/mol. The molecule has 14 heavy (non-hydrogen) atoms. The molecule has 1 aliphatic rings. The number of aromatic nitrogens is 2. The summed E-state index contributed by atoms with van der Waals surface area (Å²) in [6.07, 6.45) is 1.97. The van der Waals surface area contributed by atoms with Crippen LogP contribution in [0.25, 0.3) is 0 Å². The van der Waals surface area contributed by atoms with Crippen molar-refractivity contribution in [2.24, 2.45) is 7.05 Å². The smallest absolute Gasteiger partial charge is 0.0827 e. The highest BCUT2D eigenvalue weighted by atomic mass is 32.2. The van der Waals surface area contributed by atoms with Crippen LogP contribution in [0, 0.1) is 6.92 Å². The van der Waals surface area contributed by atoms with Crippen molar-refractivity contribution in [3.05, 3.63) is 17.5 Å². The molecule has 0 bridgehead atoms. The van der Waals surface area contributed by atoms with Gasteiger partial charge in [-0.25, -0.2) is 0 Å². The highest BCUT2D eigenvalue weighted by Gasteiger charge is 2.32. The van der Waals surface area contributed by atoms with Gasteiger partial charge in [0, 0.05) is 29.6 Å². The highest BCUT2D eigenvalue weighted by molar-refractivity contribution is 7.99. The Morgan fingerprint density at radius 3 is 2.79 bits per heavy atom. The molecular formula is C10H17N3S. The van der Waals surface area contributed by atoms with E-state index < -0.39 is 0 Å². The minimum absolute atomic E-state index is 0.248. The average Bonchev–Trinajstić information content (AvgIpc) is 2.59. The lowest BCUT2D eigenvalue weighted by Crippen LogP contribution is -2.35. The molecule has 1 aromatic rings. The Balaban J connectivity index is 2.22. The Labute approximate surface area is 89.3 Å². The normalized spacial score (nSPS) is 25.6. The van der Waals surface area contributed by atoms with Crippen LogP contribution in [-0.2, 0) is 7.05 Å². The lowest BCUT2D eigenvalue weighted by atomic mass is 10.1. The predicted octanol–water partition coefficient (Wildman–Crippen LogP) is 1.84. The van der Waals surface area contributed by atoms with Crippen LogP contribution in [-0.4, -0.2) is 21.1 Å². The fourth-order valence-corrected chi connectivity index (χ4v) is 3.15. The molecule has 4 heteroatoms. The summed E-state index contributed by atoms with van der Waals surface area (Å²) in [6.45, 7) is 6.60. The predicted molar refractivity (Wildman–Crippen MR) is 60.4 cm³/mol. The Morgan fingerprint density at radius 1 is 1.64 bits per heavy atom. The molecule has 1 aromatic heterocycles. The van der Waals surface area contributed by atoms with Crippen molar-refractivity contribution in [1.82, 2.24) is 15.1 Å². The number of thioether (sulfide) groups is 1. The van der Waals surface area contributed by atoms with Crippen molar-refractivity contribution in [2.45, 2.75) is 31.7 Å². The van der Waals surface area contributed by atoms with Crippen LogP contribution in [0.4, 0.5) is 0 Å². The highest BCUT2D eigenvalue weighted by Crippen LogP contribution is 2.38. The van der Waals surface area contributed by atoms with E-state index in [2.05, 4.69) is 31.2 Å². The van der Waals surface area contributed by atoms with Gasteiger partial charge >= 0.3 is 0 Å². The van der Waals surface area contributed by atoms with E-state index >= 15 is 0 Å². The summed E-state index contributed by atoms with van der Waals surface area (Å²) < 4.78 is 1.93. The van der Waals surface area contributed by atoms with E-state index in [1.165, 1.54) is 11.3 Å². The first kappa shape index (κ1) is 10.1. The number of rotatable bonds is 1. The first-order chi connectivity index (χ1) is 6.49. The zero-order chi connectivity index (χ0) is 10.3. The fourth-order valence-electron chi connectivity index (χ4n) is 1.67. The first-order valence-electron chi connectivity index (χ1n) is 4.87. The van der Waals surface area contributed by atoms with Crippen LogP contribution in [0.15, 0.2) is 6.20 Å². The molecule has 1 fully saturated rings. The average molecular weight is 211 g/mol. The van der Waals surface area contributed by atoms with Gasteiger partial charge in [-0.2, -0.15) is 5.10 Å². The van der Waals surface area contributed by atoms with Crippen molar-refractivity contribution in [3.63, 3.8) is 0 Å². The standard InChI is InChI=1S/C10H17N3S/c1-7-8(5-11-13(7)4)9-12-10(2,3)6-14-9/h5,9,12H,6H2,1-4H3. The van der Waals surface area contributed by atoms with Crippen LogP contribution >= 0.6 is 11.8 Å². The zero-order valence-electron chi connectivity index (χ0n) is 9.16. The minimum atomic E-state index is 0.248. The van der Waals surface area contributed by atoms with E-state index in [-0.39, 0.29) is 5.54 Å². The maximum absolute atomic E-state index is 4.27. The van der Waals surface area contributed by atoms with Crippen LogP contribution < -0.4 is 5.32 Å². The molecule has 0 aromatic carbocycles. The maximum Gasteiger partial charge on any atom is 0.0827 e. The summed E-state index contributed by atoms with van der Waals surface area (Å²) in [5.41, 5.74) is 2.83. The van der Waals surface area contributed by atoms with Gasteiger partial charge in [0.25, 0.3) is 0 Å². The molecule has 1 aliphatic heterocycles. The number of hydrogen-bond donors (Lipinski definition) is 1. The van der Waals surface area contributed by atoms with Gasteiger partial charge in [-0.1, -0.05) is 0 Å². The molecule has 0 spiro atoms. The van der Waals surface area contributed by atoms with Gasteiger partial charge in [-0.15, -0.1) is 11.8 Å². The molecule has 78 valence electrons. The van der Waals surface area contributed by atoms with Crippen LogP contribution in [0.3, 0.4) is 0 Å². The minimum Gasteiger partial charge on any atom is -0.296 e. The molecule has 1 N–H and O–H groups in total. The number of aryl methyl sites for hydroxylation is 1. The second-order valence-corrected chi connectivity index (χ2v) is 5.62. The summed E-state index contributed by atoms with van der Waals surface area (Å²) in [7, 11) is 1.99. The van der Waals surface area contributed by atoms with Crippen LogP contribution in [0.1, 0.15) is 30.5 Å². The van der Waals surface area contributed by atoms with Gasteiger partial charge < -0.3 is 0 Å². The van der Waals surface area contributed by atoms with Crippen molar-refractivity contribution in [2.75, 3.05) is 5.75 Å². The Kier molecular flexibility index (Phi) is 2.35. The number of nitrogens with one attached hydrogen (secondary N) is 1. The monoisotopic (exact) mass is 211 g/mol. The molecule has 3 nitrogen and oxygen atoms in total. The van der Waals surface area contributed by atoms with Gasteiger partial charge in [0.2, 0.25) is 0 Å². The number of nitrogens with zero attached hydrogens (tertiary/aromatic N) is 2. The summed E-state index contributed by atoms with van der Waals surface area (Å²) >= 11 is 1.97. The largest absolute Gasteiger partial charge is 0.296 e. The molecule has 0 amide bonds. The summed E-state index contributed by atoms with van der Waals surface area (Å²) in [5.74, 6) is 1.16. The Bertz CT molecular complexity index is 343. The lowest BCUT2D eigenvalue weighted by molar-refractivity contribution is 0.451. The summed E-state index contributed by atoms with van der Waals surface area (Å²) in [5, 5.41) is 8.30. The van der Waals surface area contributed by atoms with E-state index in [9.17, 15) is 0 Å². The Morgan fingerprint density at radius 2 is 2.36 bits per heavy atom. The molecule has 0 aliphatic carbocycles. The van der Waals surface area contributed by atoms with Crippen molar-refractivity contribution in [3.8, 4) is 0 Å². The molecule has 1 saturated heterocycles. The second-order valence-electron chi connectivity index (χ2n) is 4.53. The molecule has 2 heterocycles. The molecule has 0 radical (unpaired) electrons. The topological polar surface area (TPSA) is 29.9 Å². The van der Waals surface area contributed by atoms with Gasteiger partial charge in [0.05, 0.1) is 11.6 Å². The first-order valence-corrected chi connectivity index (χ1v) is 5.92. The van der Waals surface area contributed by atoms with Crippen molar-refractivity contribution >= 4 is 11.8 Å². The third kappa shape index (κ3) is 1.68. The quantitative estimate of drug-likeness (QED) is 0.768. The van der Waals surface area contributed by atoms with Crippen molar-refractivity contribution in [1.29, 1.82) is 0 Å². The Hall–Kier alpha value is -0.480. The third-order valence-electron chi connectivity index (χ3n) is 2.69. The molecule has 0 saturated carbocycles. The van der Waals surface area contributed by atoms with Crippen molar-refractivity contribution < 1.29 is 0 Å². The van der Waals surface area contributed by atoms with E-state index in [0.29, 0.717) is 5.37 Å². The van der Waals surface area contributed by atoms with E-state index in [1.807, 2.05) is 29.7 Å². The maximum atomic E-state index is 4.27. The third-order valence-corrected chi connectivity index (χ3v) is 4.28. The number of hydrogen-bond acceptors (Lipinski definition) is 3. The van der Waals surface area contributed by atoms with Gasteiger partial charge in [0.1, 0.15) is 0 Å².